The molecule has 50 heavy (non-hydrogen) atoms. The van der Waals surface area contributed by atoms with Gasteiger partial charge in [0.25, 0.3) is 0 Å². The molecule has 234 valence electrons. The molecular weight excluding hydrogens is 607 g/mol. The monoisotopic (exact) mass is 637 g/mol. The first kappa shape index (κ1) is 27.7. The molecule has 0 saturated carbocycles. The first-order chi connectivity index (χ1) is 24.8. The number of aliphatic imine (C=N–C) groups is 1. The maximum atomic E-state index is 6.90. The van der Waals surface area contributed by atoms with E-state index in [1.54, 1.807) is 0 Å². The Morgan fingerprint density at radius 1 is 0.620 bits per heavy atom. The molecule has 3 aliphatic carbocycles. The quantitative estimate of drug-likeness (QED) is 0.177. The van der Waals surface area contributed by atoms with Gasteiger partial charge in [-0.2, -0.15) is 0 Å². The van der Waals surface area contributed by atoms with Crippen molar-refractivity contribution in [2.75, 3.05) is 0 Å². The molecule has 0 N–H and O–H groups in total. The van der Waals surface area contributed by atoms with Gasteiger partial charge in [-0.15, -0.1) is 0 Å². The van der Waals surface area contributed by atoms with Gasteiger partial charge in [0, 0.05) is 33.9 Å². The van der Waals surface area contributed by atoms with Crippen LogP contribution in [0.2, 0.25) is 0 Å². The zero-order valence-electron chi connectivity index (χ0n) is 27.4. The van der Waals surface area contributed by atoms with E-state index in [1.807, 2.05) is 0 Å². The second-order valence-electron chi connectivity index (χ2n) is 13.8. The summed E-state index contributed by atoms with van der Waals surface area (Å²) in [4.78, 5) is 5.16. The fraction of sp³-hybridized carbons (Fsp3) is 0.0833. The van der Waals surface area contributed by atoms with E-state index in [9.17, 15) is 0 Å². The van der Waals surface area contributed by atoms with E-state index in [-0.39, 0.29) is 5.41 Å². The second kappa shape index (κ2) is 10.4. The molecule has 7 aromatic rings. The zero-order chi connectivity index (χ0) is 32.8. The Bertz CT molecular complexity index is 2720. The number of benzene rings is 6. The fourth-order valence-electron chi connectivity index (χ4n) is 9.09. The van der Waals surface area contributed by atoms with Gasteiger partial charge in [-0.25, -0.2) is 4.99 Å². The Morgan fingerprint density at radius 2 is 1.32 bits per heavy atom. The summed E-state index contributed by atoms with van der Waals surface area (Å²) in [6.07, 6.45) is 9.44. The molecule has 4 aliphatic rings. The van der Waals surface area contributed by atoms with Crippen LogP contribution in [0.25, 0.3) is 55.5 Å². The van der Waals surface area contributed by atoms with Crippen molar-refractivity contribution >= 4 is 38.9 Å². The van der Waals surface area contributed by atoms with Gasteiger partial charge < -0.3 is 4.42 Å². The summed E-state index contributed by atoms with van der Waals surface area (Å²) >= 11 is 0. The topological polar surface area (TPSA) is 25.5 Å². The van der Waals surface area contributed by atoms with Gasteiger partial charge in [0.2, 0.25) is 0 Å². The van der Waals surface area contributed by atoms with Gasteiger partial charge in [0.1, 0.15) is 16.9 Å². The van der Waals surface area contributed by atoms with E-state index in [4.69, 9.17) is 9.41 Å². The lowest BCUT2D eigenvalue weighted by Gasteiger charge is -2.30. The smallest absolute Gasteiger partial charge is 0.143 e. The lowest BCUT2D eigenvalue weighted by atomic mass is 9.70. The number of nitrogens with zero attached hydrogens (tertiary/aromatic N) is 1. The minimum atomic E-state index is -0.387. The summed E-state index contributed by atoms with van der Waals surface area (Å²) in [6.45, 7) is 0. The number of fused-ring (bicyclic) bond motifs is 14. The molecule has 0 saturated heterocycles. The molecular formula is C48H31NO. The van der Waals surface area contributed by atoms with Gasteiger partial charge in [0.15, 0.2) is 0 Å². The highest BCUT2D eigenvalue weighted by Crippen LogP contribution is 2.64. The number of hydrogen-bond acceptors (Lipinski definition) is 2. The van der Waals surface area contributed by atoms with Crippen LogP contribution in [-0.4, -0.2) is 5.71 Å². The summed E-state index contributed by atoms with van der Waals surface area (Å²) in [5.74, 6) is 0. The molecule has 0 atom stereocenters. The molecule has 6 aromatic carbocycles. The summed E-state index contributed by atoms with van der Waals surface area (Å²) in [5, 5.41) is 2.27. The van der Waals surface area contributed by atoms with Crippen LogP contribution in [0.3, 0.4) is 0 Å². The normalized spacial score (nSPS) is 16.4. The van der Waals surface area contributed by atoms with Gasteiger partial charge in [-0.1, -0.05) is 145 Å². The van der Waals surface area contributed by atoms with E-state index in [2.05, 4.69) is 157 Å². The average Bonchev–Trinajstić information content (AvgIpc) is 3.82. The van der Waals surface area contributed by atoms with Crippen LogP contribution in [0.5, 0.6) is 0 Å². The van der Waals surface area contributed by atoms with Crippen molar-refractivity contribution in [3.63, 3.8) is 0 Å². The molecule has 2 heteroatoms. The van der Waals surface area contributed by atoms with Crippen molar-refractivity contribution in [3.05, 3.63) is 196 Å². The molecule has 0 fully saturated rings. The van der Waals surface area contributed by atoms with E-state index in [0.717, 1.165) is 69.3 Å². The zero-order valence-corrected chi connectivity index (χ0v) is 27.4. The SMILES string of the molecule is C1=C(c2ccc3oc4c5c(ccc4c3c2)C2(c3ccccc3-c3ccccc32)c2ccccc2-5)CC(C2=CC=CCC2)=NC=1c1ccccc1. The summed E-state index contributed by atoms with van der Waals surface area (Å²) in [5.41, 5.74) is 22.3. The van der Waals surface area contributed by atoms with Crippen LogP contribution in [0.1, 0.15) is 52.6 Å². The van der Waals surface area contributed by atoms with Crippen LogP contribution in [0.4, 0.5) is 0 Å². The van der Waals surface area contributed by atoms with Crippen LogP contribution in [0.15, 0.2) is 172 Å². The molecule has 1 aliphatic heterocycles. The Kier molecular flexibility index (Phi) is 5.76. The van der Waals surface area contributed by atoms with Crippen LogP contribution in [-0.2, 0) is 5.41 Å². The van der Waals surface area contributed by atoms with E-state index >= 15 is 0 Å². The van der Waals surface area contributed by atoms with Crippen LogP contribution in [0, 0.1) is 0 Å². The van der Waals surface area contributed by atoms with Gasteiger partial charge in [0.05, 0.1) is 11.1 Å². The molecule has 0 bridgehead atoms. The number of rotatable bonds is 3. The number of hydrogen-bond donors (Lipinski definition) is 0. The largest absolute Gasteiger partial charge is 0.455 e. The maximum absolute atomic E-state index is 6.90. The predicted octanol–water partition coefficient (Wildman–Crippen LogP) is 12.1. The molecule has 1 spiro atoms. The first-order valence-electron chi connectivity index (χ1n) is 17.6. The van der Waals surface area contributed by atoms with Gasteiger partial charge in [-0.05, 0) is 75.1 Å². The number of furan rings is 1. The van der Waals surface area contributed by atoms with Crippen molar-refractivity contribution in [3.8, 4) is 22.3 Å². The molecule has 0 radical (unpaired) electrons. The van der Waals surface area contributed by atoms with Crippen molar-refractivity contribution in [2.45, 2.75) is 24.7 Å². The molecule has 0 unspecified atom stereocenters. The standard InChI is InChI=1S/C48H31NO/c1-3-13-30(14-4-1)43-28-33(29-44(49-43)31-15-5-2-6-16-31)32-23-26-45-38(27-32)36-24-25-42-46(47(36)50-45)37-19-9-12-22-41(37)48(42)39-20-10-7-17-34(39)35-18-8-11-21-40(35)48/h1-5,7-15,17-27H,6,16,29H2. The number of allylic oxidation sites excluding steroid dienone is 5. The van der Waals surface area contributed by atoms with Crippen molar-refractivity contribution in [1.82, 2.24) is 0 Å². The lowest BCUT2D eigenvalue weighted by Crippen LogP contribution is -2.25. The molecule has 11 rings (SSSR count). The van der Waals surface area contributed by atoms with Crippen LogP contribution < -0.4 is 0 Å². The Hall–Kier alpha value is -6.21. The first-order valence-corrected chi connectivity index (χ1v) is 17.6. The summed E-state index contributed by atoms with van der Waals surface area (Å²) in [7, 11) is 0. The lowest BCUT2D eigenvalue weighted by molar-refractivity contribution is 0.669. The van der Waals surface area contributed by atoms with Crippen molar-refractivity contribution in [2.24, 2.45) is 4.99 Å². The minimum absolute atomic E-state index is 0.387. The van der Waals surface area contributed by atoms with Gasteiger partial charge >= 0.3 is 0 Å². The minimum Gasteiger partial charge on any atom is -0.455 e. The average molecular weight is 638 g/mol. The van der Waals surface area contributed by atoms with Crippen molar-refractivity contribution in [1.29, 1.82) is 0 Å². The summed E-state index contributed by atoms with van der Waals surface area (Å²) in [6, 6.07) is 48.6. The summed E-state index contributed by atoms with van der Waals surface area (Å²) < 4.78 is 6.90. The Balaban J connectivity index is 1.13. The van der Waals surface area contributed by atoms with Crippen molar-refractivity contribution < 1.29 is 4.42 Å². The van der Waals surface area contributed by atoms with E-state index in [1.165, 1.54) is 50.1 Å². The highest BCUT2D eigenvalue weighted by atomic mass is 16.3. The highest BCUT2D eigenvalue weighted by molar-refractivity contribution is 6.15. The third-order valence-electron chi connectivity index (χ3n) is 11.2. The molecule has 2 heterocycles. The van der Waals surface area contributed by atoms with Gasteiger partial charge in [-0.3, -0.25) is 0 Å². The molecule has 1 aromatic heterocycles. The van der Waals surface area contributed by atoms with E-state index < -0.39 is 0 Å². The Labute approximate surface area is 290 Å². The molecule has 0 amide bonds. The third kappa shape index (κ3) is 3.72. The maximum Gasteiger partial charge on any atom is 0.143 e. The molecule has 2 nitrogen and oxygen atoms in total. The third-order valence-corrected chi connectivity index (χ3v) is 11.2. The predicted molar refractivity (Wildman–Crippen MR) is 205 cm³/mol. The highest BCUT2D eigenvalue weighted by Gasteiger charge is 2.52. The second-order valence-corrected chi connectivity index (χ2v) is 13.8. The Morgan fingerprint density at radius 3 is 2.06 bits per heavy atom. The van der Waals surface area contributed by atoms with E-state index in [0.29, 0.717) is 0 Å². The van der Waals surface area contributed by atoms with Crippen LogP contribution >= 0.6 is 0 Å². The fourth-order valence-corrected chi connectivity index (χ4v) is 9.09.